The Morgan fingerprint density at radius 3 is 2.38 bits per heavy atom. The van der Waals surface area contributed by atoms with Gasteiger partial charge in [0.15, 0.2) is 0 Å². The molecule has 0 aliphatic rings. The SMILES string of the molecule is COc1ccc(S(N)(=O)=O)cc1NC(=O)C(F)(F)C(F)F. The van der Waals surface area contributed by atoms with Crippen LogP contribution in [0, 0.1) is 0 Å². The summed E-state index contributed by atoms with van der Waals surface area (Å²) in [6, 6.07) is 2.73. The summed E-state index contributed by atoms with van der Waals surface area (Å²) < 4.78 is 76.8. The molecular weight excluding hydrogens is 320 g/mol. The Morgan fingerprint density at radius 2 is 1.95 bits per heavy atom. The molecule has 11 heteroatoms. The van der Waals surface area contributed by atoms with Gasteiger partial charge < -0.3 is 10.1 Å². The van der Waals surface area contributed by atoms with Gasteiger partial charge in [0.2, 0.25) is 10.0 Å². The van der Waals surface area contributed by atoms with Crippen molar-refractivity contribution in [1.29, 1.82) is 0 Å². The zero-order chi connectivity index (χ0) is 16.4. The summed E-state index contributed by atoms with van der Waals surface area (Å²) in [5.41, 5.74) is -0.533. The monoisotopic (exact) mass is 330 g/mol. The van der Waals surface area contributed by atoms with E-state index in [4.69, 9.17) is 9.88 Å². The fraction of sp³-hybridized carbons (Fsp3) is 0.300. The van der Waals surface area contributed by atoms with Crippen molar-refractivity contribution in [2.24, 2.45) is 5.14 Å². The van der Waals surface area contributed by atoms with Crippen molar-refractivity contribution in [1.82, 2.24) is 0 Å². The van der Waals surface area contributed by atoms with Crippen LogP contribution in [0.2, 0.25) is 0 Å². The zero-order valence-electron chi connectivity index (χ0n) is 10.4. The van der Waals surface area contributed by atoms with Crippen LogP contribution >= 0.6 is 0 Å². The van der Waals surface area contributed by atoms with Crippen LogP contribution in [0.1, 0.15) is 0 Å². The molecule has 1 rings (SSSR count). The van der Waals surface area contributed by atoms with E-state index in [0.29, 0.717) is 6.07 Å². The second-order valence-corrected chi connectivity index (χ2v) is 5.35. The molecule has 1 aromatic carbocycles. The van der Waals surface area contributed by atoms with Crippen molar-refractivity contribution in [3.63, 3.8) is 0 Å². The molecule has 0 aromatic heterocycles. The van der Waals surface area contributed by atoms with E-state index in [2.05, 4.69) is 0 Å². The highest BCUT2D eigenvalue weighted by molar-refractivity contribution is 7.89. The van der Waals surface area contributed by atoms with Gasteiger partial charge in [-0.2, -0.15) is 8.78 Å². The second-order valence-electron chi connectivity index (χ2n) is 3.78. The molecule has 0 radical (unpaired) electrons. The number of hydrogen-bond donors (Lipinski definition) is 2. The first-order chi connectivity index (χ1) is 9.50. The van der Waals surface area contributed by atoms with E-state index in [1.165, 1.54) is 5.32 Å². The molecule has 0 unspecified atom stereocenters. The van der Waals surface area contributed by atoms with Crippen LogP contribution in [0.25, 0.3) is 0 Å². The van der Waals surface area contributed by atoms with Gasteiger partial charge in [-0.1, -0.05) is 0 Å². The summed E-state index contributed by atoms with van der Waals surface area (Å²) in [7, 11) is -3.08. The Hall–Kier alpha value is -1.88. The smallest absolute Gasteiger partial charge is 0.383 e. The average molecular weight is 330 g/mol. The van der Waals surface area contributed by atoms with Crippen molar-refractivity contribution in [3.05, 3.63) is 18.2 Å². The number of sulfonamides is 1. The van der Waals surface area contributed by atoms with Crippen LogP contribution in [0.5, 0.6) is 5.75 Å². The molecule has 1 amide bonds. The number of hydrogen-bond acceptors (Lipinski definition) is 4. The summed E-state index contributed by atoms with van der Waals surface area (Å²) in [4.78, 5) is 10.6. The van der Waals surface area contributed by atoms with E-state index in [-0.39, 0.29) is 5.75 Å². The molecule has 0 bridgehead atoms. The lowest BCUT2D eigenvalue weighted by Crippen LogP contribution is -2.41. The lowest BCUT2D eigenvalue weighted by molar-refractivity contribution is -0.163. The molecule has 118 valence electrons. The number of ether oxygens (including phenoxy) is 1. The van der Waals surface area contributed by atoms with E-state index in [0.717, 1.165) is 19.2 Å². The molecule has 6 nitrogen and oxygen atoms in total. The average Bonchev–Trinajstić information content (AvgIpc) is 2.37. The third-order valence-corrected chi connectivity index (χ3v) is 3.24. The van der Waals surface area contributed by atoms with Crippen LogP contribution < -0.4 is 15.2 Å². The number of alkyl halides is 4. The molecule has 1 aromatic rings. The van der Waals surface area contributed by atoms with Gasteiger partial charge in [0.05, 0.1) is 17.7 Å². The number of anilines is 1. The van der Waals surface area contributed by atoms with E-state index < -0.39 is 38.9 Å². The number of benzene rings is 1. The number of carbonyl (C=O) groups is 1. The largest absolute Gasteiger partial charge is 0.495 e. The van der Waals surface area contributed by atoms with Crippen LogP contribution in [-0.4, -0.2) is 33.8 Å². The van der Waals surface area contributed by atoms with Crippen molar-refractivity contribution in [2.75, 3.05) is 12.4 Å². The predicted octanol–water partition coefficient (Wildman–Crippen LogP) is 1.18. The van der Waals surface area contributed by atoms with Gasteiger partial charge in [-0.05, 0) is 18.2 Å². The number of methoxy groups -OCH3 is 1. The van der Waals surface area contributed by atoms with Gasteiger partial charge in [0.1, 0.15) is 5.75 Å². The maximum Gasteiger partial charge on any atom is 0.383 e. The Kier molecular flexibility index (Phi) is 4.79. The zero-order valence-corrected chi connectivity index (χ0v) is 11.3. The highest BCUT2D eigenvalue weighted by atomic mass is 32.2. The van der Waals surface area contributed by atoms with Gasteiger partial charge in [-0.25, -0.2) is 22.3 Å². The molecule has 21 heavy (non-hydrogen) atoms. The minimum absolute atomic E-state index is 0.208. The quantitative estimate of drug-likeness (QED) is 0.792. The molecule has 3 N–H and O–H groups in total. The maximum atomic E-state index is 12.8. The van der Waals surface area contributed by atoms with Gasteiger partial charge >= 0.3 is 18.3 Å². The molecule has 0 saturated carbocycles. The Morgan fingerprint density at radius 1 is 1.38 bits per heavy atom. The lowest BCUT2D eigenvalue weighted by atomic mass is 10.2. The highest BCUT2D eigenvalue weighted by Crippen LogP contribution is 2.30. The fourth-order valence-corrected chi connectivity index (χ4v) is 1.81. The second kappa shape index (κ2) is 5.85. The first-order valence-electron chi connectivity index (χ1n) is 5.18. The summed E-state index contributed by atoms with van der Waals surface area (Å²) in [5, 5.41) is 6.31. The number of rotatable bonds is 5. The van der Waals surface area contributed by atoms with E-state index >= 15 is 0 Å². The first-order valence-corrected chi connectivity index (χ1v) is 6.73. The van der Waals surface area contributed by atoms with Crippen LogP contribution in [0.3, 0.4) is 0 Å². The molecule has 0 aliphatic carbocycles. The van der Waals surface area contributed by atoms with Gasteiger partial charge in [-0.15, -0.1) is 0 Å². The minimum Gasteiger partial charge on any atom is -0.495 e. The molecule has 0 atom stereocenters. The van der Waals surface area contributed by atoms with E-state index in [1.807, 2.05) is 0 Å². The summed E-state index contributed by atoms with van der Waals surface area (Å²) in [6.07, 6.45) is -4.22. The van der Waals surface area contributed by atoms with Gasteiger partial charge in [0.25, 0.3) is 0 Å². The van der Waals surface area contributed by atoms with E-state index in [1.54, 1.807) is 0 Å². The summed E-state index contributed by atoms with van der Waals surface area (Å²) >= 11 is 0. The van der Waals surface area contributed by atoms with Gasteiger partial charge in [-0.3, -0.25) is 4.79 Å². The van der Waals surface area contributed by atoms with Crippen LogP contribution in [0.15, 0.2) is 23.1 Å². The Labute approximate surface area is 116 Å². The standard InChI is InChI=1S/C10H10F4N2O4S/c1-20-7-3-2-5(21(15,18)19)4-6(7)16-9(17)10(13,14)8(11)12/h2-4,8H,1H3,(H,16,17)(H2,15,18,19). The molecule has 0 saturated heterocycles. The third-order valence-electron chi connectivity index (χ3n) is 2.32. The normalized spacial score (nSPS) is 12.3. The fourth-order valence-electron chi connectivity index (χ4n) is 1.27. The minimum atomic E-state index is -4.94. The molecule has 0 spiro atoms. The molecule has 0 fully saturated rings. The third kappa shape index (κ3) is 3.82. The number of primary sulfonamides is 1. The molecule has 0 aliphatic heterocycles. The van der Waals surface area contributed by atoms with Crippen LogP contribution in [0.4, 0.5) is 23.2 Å². The Bertz CT molecular complexity index is 648. The topological polar surface area (TPSA) is 98.5 Å². The van der Waals surface area contributed by atoms with E-state index in [9.17, 15) is 30.8 Å². The Balaban J connectivity index is 3.21. The van der Waals surface area contributed by atoms with Crippen molar-refractivity contribution in [3.8, 4) is 5.75 Å². The number of carbonyl (C=O) groups excluding carboxylic acids is 1. The maximum absolute atomic E-state index is 12.8. The molecular formula is C10H10F4N2O4S. The van der Waals surface area contributed by atoms with Gasteiger partial charge in [0, 0.05) is 0 Å². The van der Waals surface area contributed by atoms with Crippen molar-refractivity contribution >= 4 is 21.6 Å². The number of halogens is 4. The number of amides is 1. The summed E-state index contributed by atoms with van der Waals surface area (Å²) in [5.74, 6) is -7.45. The number of nitrogens with two attached hydrogens (primary N) is 1. The van der Waals surface area contributed by atoms with Crippen LogP contribution in [-0.2, 0) is 14.8 Å². The van der Waals surface area contributed by atoms with Crippen molar-refractivity contribution in [2.45, 2.75) is 17.2 Å². The predicted molar refractivity (Wildman–Crippen MR) is 63.9 cm³/mol. The number of nitrogens with one attached hydrogen (secondary N) is 1. The molecule has 0 heterocycles. The highest BCUT2D eigenvalue weighted by Gasteiger charge is 2.49. The van der Waals surface area contributed by atoms with Crippen molar-refractivity contribution < 1.29 is 35.5 Å². The first kappa shape index (κ1) is 17.2. The summed E-state index contributed by atoms with van der Waals surface area (Å²) in [6.45, 7) is 0. The lowest BCUT2D eigenvalue weighted by Gasteiger charge is -2.16.